The SMILES string of the molecule is C=CCC(/C(F)=C(\C)F)=C(/C(F)=C/F)N(C)c1nc2c(nc1C)-c1ccc(N)cc1CC2. The number of hydrogen-bond acceptors (Lipinski definition) is 4. The number of anilines is 2. The van der Waals surface area contributed by atoms with Crippen molar-refractivity contribution in [3.8, 4) is 11.3 Å². The normalized spacial score (nSPS) is 14.8. The highest BCUT2D eigenvalue weighted by Gasteiger charge is 2.27. The van der Waals surface area contributed by atoms with Crippen molar-refractivity contribution in [1.82, 2.24) is 9.97 Å². The molecule has 0 amide bonds. The maximum absolute atomic E-state index is 14.6. The van der Waals surface area contributed by atoms with Crippen LogP contribution in [0.4, 0.5) is 29.1 Å². The summed E-state index contributed by atoms with van der Waals surface area (Å²) >= 11 is 0. The molecule has 1 aliphatic carbocycles. The average Bonchev–Trinajstić information content (AvgIpc) is 2.77. The first-order valence-electron chi connectivity index (χ1n) is 10.0. The lowest BCUT2D eigenvalue weighted by atomic mass is 9.91. The lowest BCUT2D eigenvalue weighted by Gasteiger charge is -2.27. The molecule has 0 bridgehead atoms. The van der Waals surface area contributed by atoms with Gasteiger partial charge in [0.15, 0.2) is 17.5 Å². The minimum Gasteiger partial charge on any atom is -0.399 e. The van der Waals surface area contributed by atoms with E-state index in [1.165, 1.54) is 18.0 Å². The summed E-state index contributed by atoms with van der Waals surface area (Å²) < 4.78 is 56.1. The third-order valence-electron chi connectivity index (χ3n) is 5.31. The summed E-state index contributed by atoms with van der Waals surface area (Å²) in [4.78, 5) is 10.5. The Balaban J connectivity index is 2.20. The van der Waals surface area contributed by atoms with Gasteiger partial charge in [0, 0.05) is 23.9 Å². The van der Waals surface area contributed by atoms with Gasteiger partial charge in [0.05, 0.1) is 22.8 Å². The van der Waals surface area contributed by atoms with Crippen LogP contribution < -0.4 is 10.6 Å². The van der Waals surface area contributed by atoms with Crippen molar-refractivity contribution in [3.05, 3.63) is 82.9 Å². The summed E-state index contributed by atoms with van der Waals surface area (Å²) in [6.45, 7) is 6.08. The Bertz CT molecular complexity index is 1160. The highest BCUT2D eigenvalue weighted by Crippen LogP contribution is 2.37. The lowest BCUT2D eigenvalue weighted by Crippen LogP contribution is -2.24. The summed E-state index contributed by atoms with van der Waals surface area (Å²) in [5.74, 6) is -3.58. The maximum Gasteiger partial charge on any atom is 0.175 e. The van der Waals surface area contributed by atoms with Crippen LogP contribution in [0.2, 0.25) is 0 Å². The van der Waals surface area contributed by atoms with Crippen LogP contribution in [-0.4, -0.2) is 17.0 Å². The summed E-state index contributed by atoms with van der Waals surface area (Å²) in [6.07, 6.45) is 2.02. The van der Waals surface area contributed by atoms with Gasteiger partial charge in [0.25, 0.3) is 0 Å². The van der Waals surface area contributed by atoms with Gasteiger partial charge in [0.2, 0.25) is 0 Å². The van der Waals surface area contributed by atoms with E-state index in [1.54, 1.807) is 13.0 Å². The average molecular weight is 444 g/mol. The van der Waals surface area contributed by atoms with E-state index in [2.05, 4.69) is 16.5 Å². The van der Waals surface area contributed by atoms with E-state index in [0.717, 1.165) is 18.1 Å². The van der Waals surface area contributed by atoms with Gasteiger partial charge < -0.3 is 10.6 Å². The largest absolute Gasteiger partial charge is 0.399 e. The second-order valence-electron chi connectivity index (χ2n) is 7.53. The van der Waals surface area contributed by atoms with Crippen LogP contribution in [-0.2, 0) is 12.8 Å². The van der Waals surface area contributed by atoms with Crippen molar-refractivity contribution in [3.63, 3.8) is 0 Å². The molecular formula is C24H24F4N4. The summed E-state index contributed by atoms with van der Waals surface area (Å²) in [5.41, 5.74) is 9.41. The second-order valence-corrected chi connectivity index (χ2v) is 7.53. The number of aromatic nitrogens is 2. The highest BCUT2D eigenvalue weighted by molar-refractivity contribution is 5.72. The molecule has 0 radical (unpaired) electrons. The number of fused-ring (bicyclic) bond motifs is 3. The van der Waals surface area contributed by atoms with Crippen molar-refractivity contribution in [2.24, 2.45) is 0 Å². The van der Waals surface area contributed by atoms with Crippen molar-refractivity contribution in [1.29, 1.82) is 0 Å². The van der Waals surface area contributed by atoms with Crippen molar-refractivity contribution < 1.29 is 17.6 Å². The molecule has 0 atom stereocenters. The number of nitrogens with two attached hydrogens (primary N) is 1. The van der Waals surface area contributed by atoms with Gasteiger partial charge in [-0.1, -0.05) is 12.1 Å². The fraction of sp³-hybridized carbons (Fsp3) is 0.250. The predicted molar refractivity (Wildman–Crippen MR) is 119 cm³/mol. The maximum atomic E-state index is 14.6. The molecule has 3 rings (SSSR count). The Labute approximate surface area is 184 Å². The number of nitrogen functional groups attached to an aromatic ring is 1. The van der Waals surface area contributed by atoms with Gasteiger partial charge in [-0.25, -0.2) is 27.5 Å². The number of halogens is 4. The van der Waals surface area contributed by atoms with Crippen LogP contribution in [0, 0.1) is 6.92 Å². The quantitative estimate of drug-likeness (QED) is 0.244. The molecule has 1 aromatic carbocycles. The first kappa shape index (κ1) is 23.2. The number of likely N-dealkylation sites (N-methyl/N-ethyl adjacent to an activating group) is 1. The fourth-order valence-corrected chi connectivity index (χ4v) is 3.86. The van der Waals surface area contributed by atoms with E-state index in [-0.39, 0.29) is 24.1 Å². The third-order valence-corrected chi connectivity index (χ3v) is 5.31. The predicted octanol–water partition coefficient (Wildman–Crippen LogP) is 6.35. The molecule has 1 aliphatic rings. The van der Waals surface area contributed by atoms with Crippen LogP contribution in [0.5, 0.6) is 0 Å². The van der Waals surface area contributed by atoms with Crippen LogP contribution in [0.1, 0.15) is 30.3 Å². The van der Waals surface area contributed by atoms with Gasteiger partial charge in [-0.15, -0.1) is 6.58 Å². The molecule has 168 valence electrons. The van der Waals surface area contributed by atoms with Crippen molar-refractivity contribution in [2.75, 3.05) is 17.7 Å². The minimum atomic E-state index is -1.36. The summed E-state index contributed by atoms with van der Waals surface area (Å²) in [7, 11) is 1.41. The zero-order valence-corrected chi connectivity index (χ0v) is 18.1. The van der Waals surface area contributed by atoms with Crippen LogP contribution in [0.25, 0.3) is 11.3 Å². The Morgan fingerprint density at radius 2 is 1.94 bits per heavy atom. The second kappa shape index (κ2) is 9.38. The lowest BCUT2D eigenvalue weighted by molar-refractivity contribution is 0.537. The number of allylic oxidation sites excluding steroid dienone is 5. The Morgan fingerprint density at radius 3 is 2.56 bits per heavy atom. The van der Waals surface area contributed by atoms with E-state index in [9.17, 15) is 17.6 Å². The molecule has 8 heteroatoms. The van der Waals surface area contributed by atoms with Gasteiger partial charge in [0.1, 0.15) is 12.2 Å². The monoisotopic (exact) mass is 444 g/mol. The van der Waals surface area contributed by atoms with E-state index >= 15 is 0 Å². The number of aryl methyl sites for hydroxylation is 3. The molecule has 0 fully saturated rings. The smallest absolute Gasteiger partial charge is 0.175 e. The van der Waals surface area contributed by atoms with Crippen LogP contribution >= 0.6 is 0 Å². The molecule has 0 spiro atoms. The molecule has 4 nitrogen and oxygen atoms in total. The van der Waals surface area contributed by atoms with Crippen LogP contribution in [0.3, 0.4) is 0 Å². The van der Waals surface area contributed by atoms with Gasteiger partial charge in [-0.3, -0.25) is 0 Å². The Kier molecular flexibility index (Phi) is 6.81. The van der Waals surface area contributed by atoms with Crippen molar-refractivity contribution >= 4 is 11.5 Å². The van der Waals surface area contributed by atoms with E-state index in [1.807, 2.05) is 12.1 Å². The summed E-state index contributed by atoms with van der Waals surface area (Å²) in [5, 5.41) is 0. The molecule has 0 aliphatic heterocycles. The third kappa shape index (κ3) is 4.30. The van der Waals surface area contributed by atoms with Crippen LogP contribution in [0.15, 0.2) is 65.9 Å². The minimum absolute atomic E-state index is 0.209. The Morgan fingerprint density at radius 1 is 1.22 bits per heavy atom. The standard InChI is InChI=1S/C24H24F4N4/c1-5-6-18(21(28)13(2)26)23(19(27)12-25)32(4)24-14(3)30-22-17-9-8-16(29)11-15(17)7-10-20(22)31-24/h5,8-9,11-12H,1,6-7,10,29H2,2-4H3/b19-12-,21-13-,23-18+. The zero-order valence-electron chi connectivity index (χ0n) is 18.1. The fourth-order valence-electron chi connectivity index (χ4n) is 3.86. The molecule has 0 saturated heterocycles. The topological polar surface area (TPSA) is 55.0 Å². The van der Waals surface area contributed by atoms with Gasteiger partial charge in [-0.05, 0) is 50.8 Å². The van der Waals surface area contributed by atoms with E-state index < -0.39 is 23.2 Å². The Hall–Kier alpha value is -3.42. The molecule has 0 unspecified atom stereocenters. The zero-order chi connectivity index (χ0) is 23.6. The number of nitrogens with zero attached hydrogens (tertiary/aromatic N) is 3. The van der Waals surface area contributed by atoms with Gasteiger partial charge >= 0.3 is 0 Å². The number of rotatable bonds is 6. The number of hydrogen-bond donors (Lipinski definition) is 1. The molecule has 2 aromatic rings. The van der Waals surface area contributed by atoms with E-state index in [0.29, 0.717) is 35.6 Å². The highest BCUT2D eigenvalue weighted by atomic mass is 19.2. The van der Waals surface area contributed by atoms with Crippen molar-refractivity contribution in [2.45, 2.75) is 33.1 Å². The first-order chi connectivity index (χ1) is 15.2. The molecule has 2 N–H and O–H groups in total. The molecule has 1 aromatic heterocycles. The molecule has 1 heterocycles. The van der Waals surface area contributed by atoms with Gasteiger partial charge in [-0.2, -0.15) is 0 Å². The first-order valence-corrected chi connectivity index (χ1v) is 10.0. The number of benzene rings is 1. The summed E-state index contributed by atoms with van der Waals surface area (Å²) in [6, 6.07) is 5.56. The van der Waals surface area contributed by atoms with E-state index in [4.69, 9.17) is 5.73 Å². The molecular weight excluding hydrogens is 420 g/mol. The molecule has 0 saturated carbocycles. The molecule has 32 heavy (non-hydrogen) atoms.